The maximum Gasteiger partial charge on any atom is 0.286 e. The van der Waals surface area contributed by atoms with Gasteiger partial charge in [-0.15, -0.1) is 0 Å². The van der Waals surface area contributed by atoms with Crippen LogP contribution in [-0.4, -0.2) is 46.7 Å². The van der Waals surface area contributed by atoms with Crippen molar-refractivity contribution in [3.8, 4) is 0 Å². The number of para-hydroxylation sites is 2. The highest BCUT2D eigenvalue weighted by molar-refractivity contribution is 6.33. The first-order valence-electron chi connectivity index (χ1n) is 7.94. The van der Waals surface area contributed by atoms with E-state index in [0.717, 1.165) is 4.90 Å². The zero-order valence-electron chi connectivity index (χ0n) is 14.1. The summed E-state index contributed by atoms with van der Waals surface area (Å²) in [5.41, 5.74) is 2.04. The molecule has 1 aromatic heterocycles. The van der Waals surface area contributed by atoms with Crippen molar-refractivity contribution >= 4 is 34.4 Å². The maximum atomic E-state index is 12.7. The summed E-state index contributed by atoms with van der Waals surface area (Å²) in [5, 5.41) is 0. The first-order chi connectivity index (χ1) is 12.5. The number of carbonyl (C=O) groups is 3. The van der Waals surface area contributed by atoms with Crippen LogP contribution < -0.4 is 4.90 Å². The number of fused-ring (bicyclic) bond motifs is 2. The lowest BCUT2D eigenvalue weighted by molar-refractivity contribution is 0.0827. The fourth-order valence-electron chi connectivity index (χ4n) is 2.85. The monoisotopic (exact) mass is 346 g/mol. The first kappa shape index (κ1) is 15.9. The molecular formula is C19H14N4O3. The summed E-state index contributed by atoms with van der Waals surface area (Å²) in [6.07, 6.45) is 0. The largest absolute Gasteiger partial charge is 0.345 e. The molecule has 0 saturated heterocycles. The molecule has 7 nitrogen and oxygen atoms in total. The summed E-state index contributed by atoms with van der Waals surface area (Å²) in [6.45, 7) is 0. The molecule has 0 atom stereocenters. The van der Waals surface area contributed by atoms with Crippen LogP contribution in [0.25, 0.3) is 11.0 Å². The standard InChI is InChI=1S/C19H14N4O3/c1-22(2)17(24)11-7-9-12(10-8-11)23-18(25)15-16(19(23)26)21-14-6-4-3-5-13(14)20-15/h3-10H,1-2H3. The van der Waals surface area contributed by atoms with Crippen molar-refractivity contribution in [1.82, 2.24) is 14.9 Å². The fraction of sp³-hybridized carbons (Fsp3) is 0.105. The number of rotatable bonds is 2. The quantitative estimate of drug-likeness (QED) is 0.664. The fourth-order valence-corrected chi connectivity index (χ4v) is 2.85. The molecule has 3 aromatic rings. The van der Waals surface area contributed by atoms with E-state index in [1.54, 1.807) is 62.6 Å². The first-order valence-corrected chi connectivity index (χ1v) is 7.94. The van der Waals surface area contributed by atoms with Gasteiger partial charge in [-0.05, 0) is 36.4 Å². The minimum absolute atomic E-state index is 0.0437. The molecule has 2 heterocycles. The molecule has 0 saturated carbocycles. The molecule has 2 aromatic carbocycles. The molecule has 4 rings (SSSR count). The van der Waals surface area contributed by atoms with Crippen LogP contribution in [-0.2, 0) is 0 Å². The second-order valence-electron chi connectivity index (χ2n) is 6.10. The van der Waals surface area contributed by atoms with E-state index in [9.17, 15) is 14.4 Å². The molecule has 0 bridgehead atoms. The summed E-state index contributed by atoms with van der Waals surface area (Å²) in [7, 11) is 3.31. The van der Waals surface area contributed by atoms with Crippen LogP contribution in [0.2, 0.25) is 0 Å². The lowest BCUT2D eigenvalue weighted by atomic mass is 10.2. The third-order valence-corrected chi connectivity index (χ3v) is 4.16. The van der Waals surface area contributed by atoms with Gasteiger partial charge in [0.15, 0.2) is 11.4 Å². The molecule has 26 heavy (non-hydrogen) atoms. The van der Waals surface area contributed by atoms with Crippen molar-refractivity contribution in [3.63, 3.8) is 0 Å². The van der Waals surface area contributed by atoms with Crippen molar-refractivity contribution < 1.29 is 14.4 Å². The Kier molecular flexibility index (Phi) is 3.50. The highest BCUT2D eigenvalue weighted by Crippen LogP contribution is 2.28. The minimum Gasteiger partial charge on any atom is -0.345 e. The van der Waals surface area contributed by atoms with Crippen LogP contribution in [0.15, 0.2) is 48.5 Å². The van der Waals surface area contributed by atoms with Crippen LogP contribution >= 0.6 is 0 Å². The van der Waals surface area contributed by atoms with Crippen LogP contribution in [0.3, 0.4) is 0 Å². The number of anilines is 1. The van der Waals surface area contributed by atoms with Gasteiger partial charge in [0.05, 0.1) is 16.7 Å². The predicted molar refractivity (Wildman–Crippen MR) is 95.1 cm³/mol. The van der Waals surface area contributed by atoms with Gasteiger partial charge in [-0.25, -0.2) is 14.9 Å². The van der Waals surface area contributed by atoms with Gasteiger partial charge in [0.1, 0.15) is 0 Å². The molecule has 3 amide bonds. The van der Waals surface area contributed by atoms with Crippen LogP contribution in [0.1, 0.15) is 31.3 Å². The van der Waals surface area contributed by atoms with E-state index in [1.807, 2.05) is 0 Å². The molecule has 0 fully saturated rings. The third kappa shape index (κ3) is 2.33. The van der Waals surface area contributed by atoms with Crippen LogP contribution in [0.4, 0.5) is 5.69 Å². The molecule has 0 N–H and O–H groups in total. The van der Waals surface area contributed by atoms with E-state index in [4.69, 9.17) is 0 Å². The number of amides is 3. The van der Waals surface area contributed by atoms with E-state index in [-0.39, 0.29) is 17.3 Å². The number of benzene rings is 2. The van der Waals surface area contributed by atoms with Crippen molar-refractivity contribution in [1.29, 1.82) is 0 Å². The summed E-state index contributed by atoms with van der Waals surface area (Å²) in [6, 6.07) is 13.4. The Hall–Kier alpha value is -3.61. The van der Waals surface area contributed by atoms with Crippen LogP contribution in [0.5, 0.6) is 0 Å². The van der Waals surface area contributed by atoms with Crippen molar-refractivity contribution in [3.05, 3.63) is 65.5 Å². The molecule has 0 spiro atoms. The van der Waals surface area contributed by atoms with Crippen LogP contribution in [0, 0.1) is 0 Å². The molecule has 0 radical (unpaired) electrons. The maximum absolute atomic E-state index is 12.7. The SMILES string of the molecule is CN(C)C(=O)c1ccc(N2C(=O)c3nc4ccccc4nc3C2=O)cc1. The zero-order valence-corrected chi connectivity index (χ0v) is 14.1. The smallest absolute Gasteiger partial charge is 0.286 e. The summed E-state index contributed by atoms with van der Waals surface area (Å²) in [5.74, 6) is -1.20. The second-order valence-corrected chi connectivity index (χ2v) is 6.10. The van der Waals surface area contributed by atoms with Crippen molar-refractivity contribution in [2.24, 2.45) is 0 Å². The van der Waals surface area contributed by atoms with E-state index in [1.165, 1.54) is 4.90 Å². The molecule has 7 heteroatoms. The highest BCUT2D eigenvalue weighted by Gasteiger charge is 2.40. The number of carbonyl (C=O) groups excluding carboxylic acids is 3. The van der Waals surface area contributed by atoms with E-state index in [2.05, 4.69) is 9.97 Å². The van der Waals surface area contributed by atoms with E-state index in [0.29, 0.717) is 22.3 Å². The molecule has 0 unspecified atom stereocenters. The molecule has 128 valence electrons. The van der Waals surface area contributed by atoms with E-state index < -0.39 is 11.8 Å². The van der Waals surface area contributed by atoms with E-state index >= 15 is 0 Å². The minimum atomic E-state index is -0.519. The number of hydrogen-bond donors (Lipinski definition) is 0. The lowest BCUT2D eigenvalue weighted by Gasteiger charge is -2.14. The van der Waals surface area contributed by atoms with Gasteiger partial charge in [-0.3, -0.25) is 14.4 Å². The molecule has 1 aliphatic heterocycles. The Balaban J connectivity index is 1.74. The summed E-state index contributed by atoms with van der Waals surface area (Å²) in [4.78, 5) is 48.5. The Morgan fingerprint density at radius 3 is 1.81 bits per heavy atom. The topological polar surface area (TPSA) is 83.5 Å². The van der Waals surface area contributed by atoms with Gasteiger partial charge in [-0.2, -0.15) is 0 Å². The number of aromatic nitrogens is 2. The van der Waals surface area contributed by atoms with Crippen molar-refractivity contribution in [2.45, 2.75) is 0 Å². The molecular weight excluding hydrogens is 332 g/mol. The Bertz CT molecular complexity index is 1020. The molecule has 0 aliphatic carbocycles. The van der Waals surface area contributed by atoms with Gasteiger partial charge in [0, 0.05) is 19.7 Å². The highest BCUT2D eigenvalue weighted by atomic mass is 16.2. The Labute approximate surface area is 148 Å². The summed E-state index contributed by atoms with van der Waals surface area (Å²) >= 11 is 0. The Morgan fingerprint density at radius 2 is 1.35 bits per heavy atom. The number of nitrogens with zero attached hydrogens (tertiary/aromatic N) is 4. The predicted octanol–water partition coefficient (Wildman–Crippen LogP) is 2.13. The second kappa shape index (κ2) is 5.73. The lowest BCUT2D eigenvalue weighted by Crippen LogP contribution is -2.29. The average Bonchev–Trinajstić information content (AvgIpc) is 2.89. The molecule has 1 aliphatic rings. The van der Waals surface area contributed by atoms with Gasteiger partial charge in [0.25, 0.3) is 17.7 Å². The van der Waals surface area contributed by atoms with Gasteiger partial charge >= 0.3 is 0 Å². The average molecular weight is 346 g/mol. The zero-order chi connectivity index (χ0) is 18.4. The summed E-state index contributed by atoms with van der Waals surface area (Å²) < 4.78 is 0. The third-order valence-electron chi connectivity index (χ3n) is 4.16. The normalized spacial score (nSPS) is 13.2. The number of imide groups is 1. The van der Waals surface area contributed by atoms with Gasteiger partial charge < -0.3 is 4.90 Å². The van der Waals surface area contributed by atoms with Gasteiger partial charge in [0.2, 0.25) is 0 Å². The van der Waals surface area contributed by atoms with Crippen molar-refractivity contribution in [2.75, 3.05) is 19.0 Å². The van der Waals surface area contributed by atoms with Gasteiger partial charge in [-0.1, -0.05) is 12.1 Å². The number of hydrogen-bond acceptors (Lipinski definition) is 5. The Morgan fingerprint density at radius 1 is 0.846 bits per heavy atom.